The molecule has 3 aromatic rings. The standard InChI is InChI=1S/C22H19FO6S/c1-28-17-8-14(10-22(24)25)9-19(13-17)30(26,27)18-5-3-4-15(11-18)16-6-7-21(29-2)20(23)12-16/h3-9,11-13H,10H2,1-2H3,(H,24,25). The minimum Gasteiger partial charge on any atom is -0.497 e. The minimum atomic E-state index is -3.97. The summed E-state index contributed by atoms with van der Waals surface area (Å²) in [5.74, 6) is -1.32. The van der Waals surface area contributed by atoms with E-state index >= 15 is 0 Å². The maximum atomic E-state index is 14.1. The number of rotatable bonds is 7. The van der Waals surface area contributed by atoms with Gasteiger partial charge < -0.3 is 14.6 Å². The molecule has 0 saturated heterocycles. The highest BCUT2D eigenvalue weighted by Gasteiger charge is 2.21. The van der Waals surface area contributed by atoms with Crippen molar-refractivity contribution < 1.29 is 32.2 Å². The molecule has 3 rings (SSSR count). The van der Waals surface area contributed by atoms with Crippen LogP contribution in [0, 0.1) is 5.82 Å². The van der Waals surface area contributed by atoms with E-state index in [1.54, 1.807) is 18.2 Å². The van der Waals surface area contributed by atoms with Crippen molar-refractivity contribution in [2.75, 3.05) is 14.2 Å². The molecule has 0 radical (unpaired) electrons. The third-order valence-electron chi connectivity index (χ3n) is 4.47. The van der Waals surface area contributed by atoms with Gasteiger partial charge in [0, 0.05) is 0 Å². The van der Waals surface area contributed by atoms with Crippen molar-refractivity contribution in [1.29, 1.82) is 0 Å². The number of hydrogen-bond acceptors (Lipinski definition) is 5. The molecule has 0 aliphatic heterocycles. The summed E-state index contributed by atoms with van der Waals surface area (Å²) in [6.45, 7) is 0. The largest absolute Gasteiger partial charge is 0.497 e. The number of sulfone groups is 1. The van der Waals surface area contributed by atoms with Crippen molar-refractivity contribution in [1.82, 2.24) is 0 Å². The zero-order chi connectivity index (χ0) is 21.9. The lowest BCUT2D eigenvalue weighted by Crippen LogP contribution is -2.06. The molecule has 156 valence electrons. The maximum Gasteiger partial charge on any atom is 0.307 e. The summed E-state index contributed by atoms with van der Waals surface area (Å²) in [4.78, 5) is 10.9. The summed E-state index contributed by atoms with van der Waals surface area (Å²) in [6, 6.07) is 14.6. The molecular weight excluding hydrogens is 411 g/mol. The molecule has 0 saturated carbocycles. The summed E-state index contributed by atoms with van der Waals surface area (Å²) in [6.07, 6.45) is -0.342. The van der Waals surface area contributed by atoms with Gasteiger partial charge in [-0.1, -0.05) is 18.2 Å². The average Bonchev–Trinajstić information content (AvgIpc) is 2.73. The first-order valence-corrected chi connectivity index (χ1v) is 10.3. The third-order valence-corrected chi connectivity index (χ3v) is 6.20. The summed E-state index contributed by atoms with van der Waals surface area (Å²) >= 11 is 0. The molecule has 0 fully saturated rings. The van der Waals surface area contributed by atoms with E-state index in [1.165, 1.54) is 56.7 Å². The molecule has 0 aromatic heterocycles. The highest BCUT2D eigenvalue weighted by molar-refractivity contribution is 7.91. The van der Waals surface area contributed by atoms with Crippen LogP contribution in [0.5, 0.6) is 11.5 Å². The van der Waals surface area contributed by atoms with Crippen LogP contribution in [-0.2, 0) is 21.1 Å². The molecule has 30 heavy (non-hydrogen) atoms. The minimum absolute atomic E-state index is 0.00856. The Morgan fingerprint density at radius 2 is 1.67 bits per heavy atom. The molecule has 0 aliphatic carbocycles. The van der Waals surface area contributed by atoms with E-state index in [0.717, 1.165) is 0 Å². The van der Waals surface area contributed by atoms with Crippen molar-refractivity contribution in [3.63, 3.8) is 0 Å². The Labute approximate surface area is 173 Å². The fraction of sp³-hybridized carbons (Fsp3) is 0.136. The zero-order valence-corrected chi connectivity index (χ0v) is 17.1. The van der Waals surface area contributed by atoms with Crippen LogP contribution in [0.3, 0.4) is 0 Å². The molecule has 0 heterocycles. The van der Waals surface area contributed by atoms with Gasteiger partial charge in [-0.05, 0) is 59.2 Å². The molecule has 1 N–H and O–H groups in total. The lowest BCUT2D eigenvalue weighted by atomic mass is 10.1. The number of carboxylic acid groups (broad SMARTS) is 1. The van der Waals surface area contributed by atoms with E-state index in [4.69, 9.17) is 14.6 Å². The van der Waals surface area contributed by atoms with Crippen molar-refractivity contribution in [2.45, 2.75) is 16.2 Å². The molecule has 0 bridgehead atoms. The predicted molar refractivity (Wildman–Crippen MR) is 108 cm³/mol. The average molecular weight is 430 g/mol. The van der Waals surface area contributed by atoms with Gasteiger partial charge >= 0.3 is 5.97 Å². The van der Waals surface area contributed by atoms with Crippen molar-refractivity contribution in [3.05, 3.63) is 72.0 Å². The Balaban J connectivity index is 2.06. The Morgan fingerprint density at radius 3 is 2.30 bits per heavy atom. The first kappa shape index (κ1) is 21.3. The van der Waals surface area contributed by atoms with Gasteiger partial charge in [0.05, 0.1) is 30.4 Å². The quantitative estimate of drug-likeness (QED) is 0.610. The Morgan fingerprint density at radius 1 is 0.933 bits per heavy atom. The Hall–Kier alpha value is -3.39. The SMILES string of the molecule is COc1cc(CC(=O)O)cc(S(=O)(=O)c2cccc(-c3ccc(OC)c(F)c3)c2)c1. The normalized spacial score (nSPS) is 11.2. The molecule has 0 unspecified atom stereocenters. The maximum absolute atomic E-state index is 14.1. The number of benzene rings is 3. The summed E-state index contributed by atoms with van der Waals surface area (Å²) < 4.78 is 50.5. The van der Waals surface area contributed by atoms with E-state index in [-0.39, 0.29) is 27.7 Å². The molecule has 0 amide bonds. The fourth-order valence-electron chi connectivity index (χ4n) is 3.01. The van der Waals surface area contributed by atoms with Crippen LogP contribution in [0.4, 0.5) is 4.39 Å². The van der Waals surface area contributed by atoms with Crippen LogP contribution in [-0.4, -0.2) is 33.7 Å². The first-order chi connectivity index (χ1) is 14.2. The van der Waals surface area contributed by atoms with Gasteiger partial charge in [-0.2, -0.15) is 0 Å². The predicted octanol–water partition coefficient (Wildman–Crippen LogP) is 3.97. The van der Waals surface area contributed by atoms with Crippen molar-refractivity contribution in [3.8, 4) is 22.6 Å². The highest BCUT2D eigenvalue weighted by Crippen LogP contribution is 2.31. The fourth-order valence-corrected chi connectivity index (χ4v) is 4.40. The van der Waals surface area contributed by atoms with Gasteiger partial charge in [0.25, 0.3) is 0 Å². The first-order valence-electron chi connectivity index (χ1n) is 8.83. The Bertz CT molecular complexity index is 1200. The topological polar surface area (TPSA) is 89.9 Å². The van der Waals surface area contributed by atoms with Gasteiger partial charge in [-0.3, -0.25) is 4.79 Å². The van der Waals surface area contributed by atoms with Crippen LogP contribution in [0.1, 0.15) is 5.56 Å². The molecule has 0 spiro atoms. The van der Waals surface area contributed by atoms with Gasteiger partial charge in [-0.15, -0.1) is 0 Å². The smallest absolute Gasteiger partial charge is 0.307 e. The van der Waals surface area contributed by atoms with Crippen LogP contribution >= 0.6 is 0 Å². The molecule has 8 heteroatoms. The number of halogens is 1. The lowest BCUT2D eigenvalue weighted by molar-refractivity contribution is -0.136. The zero-order valence-electron chi connectivity index (χ0n) is 16.3. The molecule has 6 nitrogen and oxygen atoms in total. The monoisotopic (exact) mass is 430 g/mol. The van der Waals surface area contributed by atoms with E-state index in [2.05, 4.69) is 0 Å². The number of carbonyl (C=O) groups is 1. The van der Waals surface area contributed by atoms with Crippen molar-refractivity contribution >= 4 is 15.8 Å². The summed E-state index contributed by atoms with van der Waals surface area (Å²) in [5.41, 5.74) is 1.29. The molecule has 0 atom stereocenters. The van der Waals surface area contributed by atoms with Gasteiger partial charge in [0.1, 0.15) is 5.75 Å². The van der Waals surface area contributed by atoms with E-state index in [9.17, 15) is 17.6 Å². The van der Waals surface area contributed by atoms with Crippen LogP contribution in [0.15, 0.2) is 70.5 Å². The summed E-state index contributed by atoms with van der Waals surface area (Å²) in [5, 5.41) is 9.03. The number of ether oxygens (including phenoxy) is 2. The van der Waals surface area contributed by atoms with Gasteiger partial charge in [-0.25, -0.2) is 12.8 Å². The van der Waals surface area contributed by atoms with Crippen LogP contribution < -0.4 is 9.47 Å². The van der Waals surface area contributed by atoms with Crippen molar-refractivity contribution in [2.24, 2.45) is 0 Å². The molecule has 3 aromatic carbocycles. The number of methoxy groups -OCH3 is 2. The highest BCUT2D eigenvalue weighted by atomic mass is 32.2. The van der Waals surface area contributed by atoms with E-state index in [0.29, 0.717) is 16.7 Å². The third kappa shape index (κ3) is 4.44. The van der Waals surface area contributed by atoms with Crippen LogP contribution in [0.2, 0.25) is 0 Å². The molecular formula is C22H19FO6S. The number of carboxylic acids is 1. The Kier molecular flexibility index (Phi) is 6.07. The number of hydrogen-bond donors (Lipinski definition) is 1. The van der Waals surface area contributed by atoms with Gasteiger partial charge in [0.15, 0.2) is 11.6 Å². The van der Waals surface area contributed by atoms with Gasteiger partial charge in [0.2, 0.25) is 9.84 Å². The van der Waals surface area contributed by atoms with E-state index < -0.39 is 21.6 Å². The van der Waals surface area contributed by atoms with E-state index in [1.807, 2.05) is 0 Å². The summed E-state index contributed by atoms with van der Waals surface area (Å²) in [7, 11) is -1.25. The number of aliphatic carboxylic acids is 1. The van der Waals surface area contributed by atoms with Crippen LogP contribution in [0.25, 0.3) is 11.1 Å². The lowest BCUT2D eigenvalue weighted by Gasteiger charge is -2.11. The second-order valence-electron chi connectivity index (χ2n) is 6.47. The second kappa shape index (κ2) is 8.54. The molecule has 0 aliphatic rings. The second-order valence-corrected chi connectivity index (χ2v) is 8.42.